The monoisotopic (exact) mass is 555 g/mol. The average molecular weight is 556 g/mol. The number of phenolic OH excluding ortho intramolecular Hbond substituents is 1. The van der Waals surface area contributed by atoms with Gasteiger partial charge >= 0.3 is 6.18 Å². The number of carbonyl (C=O) groups is 3. The van der Waals surface area contributed by atoms with Crippen LogP contribution in [0.4, 0.5) is 13.2 Å². The van der Waals surface area contributed by atoms with Crippen LogP contribution in [0, 0.1) is 5.92 Å². The van der Waals surface area contributed by atoms with Crippen molar-refractivity contribution in [3.05, 3.63) is 11.1 Å². The number of piperidine rings is 2. The fourth-order valence-electron chi connectivity index (χ4n) is 5.55. The maximum atomic E-state index is 14.0. The number of likely N-dealkylation sites (N-methyl/N-ethyl adjacent to an activating group) is 2. The van der Waals surface area contributed by atoms with Gasteiger partial charge in [0, 0.05) is 12.5 Å². The lowest BCUT2D eigenvalue weighted by molar-refractivity contribution is -0.142. The molecule has 0 saturated carbocycles. The molecule has 2 unspecified atom stereocenters. The maximum Gasteiger partial charge on any atom is 0.423 e. The molecule has 212 valence electrons. The molecule has 15 heteroatoms. The number of hydrogen-bond acceptors (Lipinski definition) is 11. The van der Waals surface area contributed by atoms with Crippen LogP contribution in [-0.4, -0.2) is 91.7 Å². The lowest BCUT2D eigenvalue weighted by atomic mass is 9.80. The number of aromatic hydroxyl groups is 1. The van der Waals surface area contributed by atoms with Crippen molar-refractivity contribution in [1.29, 1.82) is 0 Å². The number of benzene rings is 1. The minimum Gasteiger partial charge on any atom is -0.504 e. The highest BCUT2D eigenvalue weighted by atomic mass is 19.4. The van der Waals surface area contributed by atoms with Gasteiger partial charge in [-0.25, -0.2) is 0 Å². The second-order valence-corrected chi connectivity index (χ2v) is 9.58. The molecule has 1 aromatic rings. The summed E-state index contributed by atoms with van der Waals surface area (Å²) >= 11 is 0. The number of ether oxygens (including phenoxy) is 3. The standard InChI is InChI=1S/C24H28F3N5O7/c1-31-7-3-5-13(9-31)28-23-18-14(6-4-8-32(18)2)17(29-30-23)15-19(36)21(38-11-34)16(24(25,26)27)22(39-12-35)20(15)37-10-33/h10-14,18,36H,3-9H2,1-2H3,(H,28,30)/t13-,14?,18?/m1/s1. The van der Waals surface area contributed by atoms with Gasteiger partial charge in [0.15, 0.2) is 23.0 Å². The molecule has 0 amide bonds. The Kier molecular flexibility index (Phi) is 8.39. The summed E-state index contributed by atoms with van der Waals surface area (Å²) in [6.07, 6.45) is -2.27. The predicted octanol–water partition coefficient (Wildman–Crippen LogP) is 1.53. The Morgan fingerprint density at radius 1 is 1.00 bits per heavy atom. The summed E-state index contributed by atoms with van der Waals surface area (Å²) in [5, 5.41) is 15.4. The number of halogens is 3. The van der Waals surface area contributed by atoms with E-state index in [2.05, 4.69) is 24.9 Å². The Bertz CT molecular complexity index is 1190. The third kappa shape index (κ3) is 5.54. The first-order chi connectivity index (χ1) is 18.6. The summed E-state index contributed by atoms with van der Waals surface area (Å²) < 4.78 is 56.1. The Labute approximate surface area is 221 Å². The van der Waals surface area contributed by atoms with E-state index in [1.165, 1.54) is 0 Å². The Morgan fingerprint density at radius 2 is 1.64 bits per heavy atom. The van der Waals surface area contributed by atoms with Gasteiger partial charge in [0.1, 0.15) is 11.4 Å². The number of amidine groups is 1. The average Bonchev–Trinajstić information content (AvgIpc) is 2.87. The van der Waals surface area contributed by atoms with Crippen molar-refractivity contribution in [3.8, 4) is 23.0 Å². The number of carbonyl (C=O) groups excluding carboxylic acids is 3. The fourth-order valence-corrected chi connectivity index (χ4v) is 5.55. The fraction of sp³-hybridized carbons (Fsp3) is 0.542. The molecular weight excluding hydrogens is 527 g/mol. The number of hydrazone groups is 1. The number of hydrogen-bond donors (Lipinski definition) is 2. The molecule has 3 heterocycles. The van der Waals surface area contributed by atoms with Crippen LogP contribution in [-0.2, 0) is 20.6 Å². The number of aliphatic imine (C=N–C) groups is 1. The number of nitrogens with zero attached hydrogens (tertiary/aromatic N) is 4. The summed E-state index contributed by atoms with van der Waals surface area (Å²) in [7, 11) is 3.87. The minimum absolute atomic E-state index is 0.00703. The zero-order valence-electron chi connectivity index (χ0n) is 21.2. The van der Waals surface area contributed by atoms with Crippen molar-refractivity contribution in [1.82, 2.24) is 15.2 Å². The van der Waals surface area contributed by atoms with Crippen molar-refractivity contribution in [2.24, 2.45) is 16.0 Å². The van der Waals surface area contributed by atoms with Gasteiger partial charge in [-0.1, -0.05) is 0 Å². The van der Waals surface area contributed by atoms with Crippen LogP contribution in [0.25, 0.3) is 0 Å². The van der Waals surface area contributed by atoms with Gasteiger partial charge in [0.25, 0.3) is 19.4 Å². The van der Waals surface area contributed by atoms with E-state index in [-0.39, 0.29) is 31.2 Å². The normalized spacial score (nSPS) is 25.2. The number of likely N-dealkylation sites (tertiary alicyclic amines) is 2. The number of nitrogens with one attached hydrogen (secondary N) is 1. The topological polar surface area (TPSA) is 142 Å². The second-order valence-electron chi connectivity index (χ2n) is 9.58. The van der Waals surface area contributed by atoms with Gasteiger partial charge in [-0.05, 0) is 52.9 Å². The highest BCUT2D eigenvalue weighted by molar-refractivity contribution is 6.13. The first-order valence-corrected chi connectivity index (χ1v) is 12.2. The summed E-state index contributed by atoms with van der Waals surface area (Å²) in [6, 6.07) is -0.400. The first kappa shape index (κ1) is 28.3. The molecule has 1 aromatic carbocycles. The Hall–Kier alpha value is -3.72. The number of phenols is 1. The molecular formula is C24H28F3N5O7. The van der Waals surface area contributed by atoms with Crippen molar-refractivity contribution in [3.63, 3.8) is 0 Å². The maximum absolute atomic E-state index is 14.0. The van der Waals surface area contributed by atoms with E-state index in [1.807, 2.05) is 19.0 Å². The van der Waals surface area contributed by atoms with E-state index in [9.17, 15) is 32.7 Å². The van der Waals surface area contributed by atoms with Gasteiger partial charge < -0.3 is 24.2 Å². The summed E-state index contributed by atoms with van der Waals surface area (Å²) in [5.41, 5.74) is 0.596. The Morgan fingerprint density at radius 3 is 2.28 bits per heavy atom. The van der Waals surface area contributed by atoms with Gasteiger partial charge in [-0.3, -0.25) is 29.7 Å². The molecule has 0 bridgehead atoms. The van der Waals surface area contributed by atoms with Gasteiger partial charge in [-0.15, -0.1) is 0 Å². The van der Waals surface area contributed by atoms with E-state index in [0.29, 0.717) is 25.2 Å². The highest BCUT2D eigenvalue weighted by Gasteiger charge is 2.47. The third-order valence-electron chi connectivity index (χ3n) is 7.10. The molecule has 4 rings (SSSR count). The summed E-state index contributed by atoms with van der Waals surface area (Å²) in [5.74, 6) is -4.62. The lowest BCUT2D eigenvalue weighted by Crippen LogP contribution is -2.57. The second kappa shape index (κ2) is 11.6. The molecule has 3 aliphatic rings. The molecule has 39 heavy (non-hydrogen) atoms. The number of fused-ring (bicyclic) bond motifs is 1. The van der Waals surface area contributed by atoms with Crippen LogP contribution < -0.4 is 19.6 Å². The molecule has 12 nitrogen and oxygen atoms in total. The zero-order valence-corrected chi connectivity index (χ0v) is 21.2. The molecule has 3 atom stereocenters. The molecule has 0 aliphatic carbocycles. The molecule has 2 saturated heterocycles. The van der Waals surface area contributed by atoms with Crippen molar-refractivity contribution >= 4 is 31.0 Å². The van der Waals surface area contributed by atoms with E-state index < -0.39 is 52.3 Å². The van der Waals surface area contributed by atoms with Crippen molar-refractivity contribution in [2.75, 3.05) is 33.7 Å². The van der Waals surface area contributed by atoms with E-state index in [4.69, 9.17) is 9.73 Å². The number of alkyl halides is 3. The smallest absolute Gasteiger partial charge is 0.423 e. The summed E-state index contributed by atoms with van der Waals surface area (Å²) in [6.45, 7) is 1.60. The molecule has 3 aliphatic heterocycles. The zero-order chi connectivity index (χ0) is 28.3. The number of rotatable bonds is 8. The van der Waals surface area contributed by atoms with E-state index in [1.54, 1.807) is 0 Å². The van der Waals surface area contributed by atoms with Crippen LogP contribution in [0.5, 0.6) is 23.0 Å². The van der Waals surface area contributed by atoms with E-state index in [0.717, 1.165) is 25.9 Å². The van der Waals surface area contributed by atoms with Crippen LogP contribution in [0.2, 0.25) is 0 Å². The van der Waals surface area contributed by atoms with Crippen molar-refractivity contribution < 1.29 is 46.9 Å². The molecule has 2 fully saturated rings. The minimum atomic E-state index is -5.29. The van der Waals surface area contributed by atoms with Gasteiger partial charge in [-0.2, -0.15) is 18.3 Å². The molecule has 0 radical (unpaired) electrons. The van der Waals surface area contributed by atoms with E-state index >= 15 is 0 Å². The Balaban J connectivity index is 1.93. The van der Waals surface area contributed by atoms with Crippen LogP contribution in [0.15, 0.2) is 10.1 Å². The molecule has 0 spiro atoms. The quantitative estimate of drug-likeness (QED) is 0.454. The van der Waals surface area contributed by atoms with Crippen molar-refractivity contribution in [2.45, 2.75) is 43.9 Å². The van der Waals surface area contributed by atoms with Crippen LogP contribution in [0.1, 0.15) is 36.8 Å². The lowest BCUT2D eigenvalue weighted by Gasteiger charge is -2.43. The largest absolute Gasteiger partial charge is 0.504 e. The SMILES string of the molecule is CN1CCC[C@@H](N=C2NN=C(c3c(O)c(OC=O)c(C(F)(F)F)c(OC=O)c3OC=O)C3CCCN(C)C23)C1. The highest BCUT2D eigenvalue weighted by Crippen LogP contribution is 2.55. The van der Waals surface area contributed by atoms with Crippen LogP contribution >= 0.6 is 0 Å². The third-order valence-corrected chi connectivity index (χ3v) is 7.10. The molecule has 0 aromatic heterocycles. The first-order valence-electron chi connectivity index (χ1n) is 12.2. The molecule has 2 N–H and O–H groups in total. The predicted molar refractivity (Wildman–Crippen MR) is 130 cm³/mol. The summed E-state index contributed by atoms with van der Waals surface area (Å²) in [4.78, 5) is 42.8. The van der Waals surface area contributed by atoms with Gasteiger partial charge in [0.2, 0.25) is 0 Å². The van der Waals surface area contributed by atoms with Gasteiger partial charge in [0.05, 0.1) is 23.4 Å². The van der Waals surface area contributed by atoms with Crippen LogP contribution in [0.3, 0.4) is 0 Å².